The van der Waals surface area contributed by atoms with E-state index in [0.29, 0.717) is 24.4 Å². The molecule has 1 rings (SSSR count). The molecule has 2 N–H and O–H groups in total. The Morgan fingerprint density at radius 2 is 2.28 bits per heavy atom. The van der Waals surface area contributed by atoms with E-state index in [4.69, 9.17) is 4.74 Å². The van der Waals surface area contributed by atoms with Crippen molar-refractivity contribution in [2.45, 2.75) is 33.0 Å². The smallest absolute Gasteiger partial charge is 0.261 e. The average Bonchev–Trinajstić information content (AvgIpc) is 2.74. The van der Waals surface area contributed by atoms with Gasteiger partial charge in [0.15, 0.2) is 0 Å². The lowest BCUT2D eigenvalue weighted by molar-refractivity contribution is 0.0939. The number of hydrogen-bond acceptors (Lipinski definition) is 4. The second-order valence-electron chi connectivity index (χ2n) is 4.61. The predicted octanol–water partition coefficient (Wildman–Crippen LogP) is 2.03. The number of thiophene rings is 1. The SMILES string of the molecule is COCc1ccsc1C(=O)NCC(C)CC(C)O. The van der Waals surface area contributed by atoms with Gasteiger partial charge in [-0.3, -0.25) is 4.79 Å². The van der Waals surface area contributed by atoms with Crippen molar-refractivity contribution in [3.63, 3.8) is 0 Å². The van der Waals surface area contributed by atoms with Gasteiger partial charge in [0.05, 0.1) is 17.6 Å². The van der Waals surface area contributed by atoms with Gasteiger partial charge in [0.2, 0.25) is 0 Å². The van der Waals surface area contributed by atoms with Gasteiger partial charge in [-0.05, 0) is 30.7 Å². The van der Waals surface area contributed by atoms with Gasteiger partial charge in [0.25, 0.3) is 5.91 Å². The summed E-state index contributed by atoms with van der Waals surface area (Å²) in [5.74, 6) is 0.203. The summed E-state index contributed by atoms with van der Waals surface area (Å²) < 4.78 is 5.05. The highest BCUT2D eigenvalue weighted by Crippen LogP contribution is 2.17. The summed E-state index contributed by atoms with van der Waals surface area (Å²) in [5, 5.41) is 14.0. The number of aliphatic hydroxyl groups is 1. The van der Waals surface area contributed by atoms with Gasteiger partial charge >= 0.3 is 0 Å². The Morgan fingerprint density at radius 3 is 2.89 bits per heavy atom. The number of carbonyl (C=O) groups is 1. The monoisotopic (exact) mass is 271 g/mol. The van der Waals surface area contributed by atoms with Crippen molar-refractivity contribution < 1.29 is 14.6 Å². The first-order chi connectivity index (χ1) is 8.54. The van der Waals surface area contributed by atoms with Crippen LogP contribution >= 0.6 is 11.3 Å². The Labute approximate surface area is 112 Å². The van der Waals surface area contributed by atoms with Crippen LogP contribution in [-0.2, 0) is 11.3 Å². The third kappa shape index (κ3) is 4.76. The Hall–Kier alpha value is -0.910. The molecule has 0 aliphatic heterocycles. The lowest BCUT2D eigenvalue weighted by atomic mass is 10.0. The zero-order valence-electron chi connectivity index (χ0n) is 11.1. The molecule has 0 radical (unpaired) electrons. The maximum Gasteiger partial charge on any atom is 0.261 e. The lowest BCUT2D eigenvalue weighted by Gasteiger charge is -2.14. The van der Waals surface area contributed by atoms with E-state index in [0.717, 1.165) is 5.56 Å². The van der Waals surface area contributed by atoms with Crippen LogP contribution in [0, 0.1) is 5.92 Å². The summed E-state index contributed by atoms with van der Waals surface area (Å²) in [6.07, 6.45) is 0.359. The van der Waals surface area contributed by atoms with Gasteiger partial charge in [-0.1, -0.05) is 6.92 Å². The van der Waals surface area contributed by atoms with Gasteiger partial charge in [-0.25, -0.2) is 0 Å². The van der Waals surface area contributed by atoms with Crippen LogP contribution in [0.3, 0.4) is 0 Å². The zero-order valence-corrected chi connectivity index (χ0v) is 11.9. The molecule has 0 fully saturated rings. The predicted molar refractivity (Wildman–Crippen MR) is 72.8 cm³/mol. The van der Waals surface area contributed by atoms with E-state index in [1.165, 1.54) is 11.3 Å². The van der Waals surface area contributed by atoms with E-state index in [9.17, 15) is 9.90 Å². The van der Waals surface area contributed by atoms with Crippen molar-refractivity contribution in [2.75, 3.05) is 13.7 Å². The third-order valence-corrected chi connectivity index (χ3v) is 3.56. The molecule has 2 atom stereocenters. The van der Waals surface area contributed by atoms with Crippen LogP contribution in [0.1, 0.15) is 35.5 Å². The van der Waals surface area contributed by atoms with Crippen molar-refractivity contribution in [3.05, 3.63) is 21.9 Å². The summed E-state index contributed by atoms with van der Waals surface area (Å²) in [7, 11) is 1.62. The van der Waals surface area contributed by atoms with E-state index in [2.05, 4.69) is 5.32 Å². The Balaban J connectivity index is 2.47. The van der Waals surface area contributed by atoms with Gasteiger partial charge < -0.3 is 15.2 Å². The Morgan fingerprint density at radius 1 is 1.56 bits per heavy atom. The number of methoxy groups -OCH3 is 1. The highest BCUT2D eigenvalue weighted by Gasteiger charge is 2.14. The van der Waals surface area contributed by atoms with Crippen molar-refractivity contribution in [1.29, 1.82) is 0 Å². The average molecular weight is 271 g/mol. The molecule has 0 aromatic carbocycles. The van der Waals surface area contributed by atoms with E-state index in [1.54, 1.807) is 14.0 Å². The molecule has 1 aromatic rings. The molecule has 102 valence electrons. The molecule has 1 amide bonds. The standard InChI is InChI=1S/C13H21NO3S/c1-9(6-10(2)15)7-14-13(16)12-11(8-17-3)4-5-18-12/h4-5,9-10,15H,6-8H2,1-3H3,(H,14,16). The first-order valence-electron chi connectivity index (χ1n) is 6.06. The van der Waals surface area contributed by atoms with Crippen molar-refractivity contribution in [1.82, 2.24) is 5.32 Å². The van der Waals surface area contributed by atoms with E-state index >= 15 is 0 Å². The van der Waals surface area contributed by atoms with Crippen LogP contribution in [0.5, 0.6) is 0 Å². The molecule has 0 saturated carbocycles. The van der Waals surface area contributed by atoms with Crippen LogP contribution < -0.4 is 5.32 Å². The number of ether oxygens (including phenoxy) is 1. The van der Waals surface area contributed by atoms with Crippen LogP contribution in [0.4, 0.5) is 0 Å². The highest BCUT2D eigenvalue weighted by atomic mass is 32.1. The van der Waals surface area contributed by atoms with Crippen molar-refractivity contribution in [3.8, 4) is 0 Å². The molecule has 1 aromatic heterocycles. The maximum absolute atomic E-state index is 12.0. The number of aliphatic hydroxyl groups excluding tert-OH is 1. The molecule has 0 aliphatic rings. The second-order valence-corrected chi connectivity index (χ2v) is 5.52. The van der Waals surface area contributed by atoms with Crippen LogP contribution in [0.2, 0.25) is 0 Å². The Kier molecular flexibility index (Phi) is 6.32. The Bertz CT molecular complexity index is 376. The molecule has 5 heteroatoms. The summed E-state index contributed by atoms with van der Waals surface area (Å²) in [6, 6.07) is 1.91. The molecule has 0 saturated heterocycles. The number of rotatable bonds is 7. The molecule has 0 bridgehead atoms. The van der Waals surface area contributed by atoms with Crippen LogP contribution in [-0.4, -0.2) is 30.8 Å². The van der Waals surface area contributed by atoms with Crippen molar-refractivity contribution >= 4 is 17.2 Å². The van der Waals surface area contributed by atoms with Crippen LogP contribution in [0.25, 0.3) is 0 Å². The van der Waals surface area contributed by atoms with Gasteiger partial charge in [-0.2, -0.15) is 0 Å². The summed E-state index contributed by atoms with van der Waals surface area (Å²) in [6.45, 7) is 4.80. The normalized spacial score (nSPS) is 14.2. The number of hydrogen-bond donors (Lipinski definition) is 2. The van der Waals surface area contributed by atoms with E-state index in [1.807, 2.05) is 18.4 Å². The number of nitrogens with one attached hydrogen (secondary N) is 1. The molecular formula is C13H21NO3S. The fourth-order valence-electron chi connectivity index (χ4n) is 1.82. The molecular weight excluding hydrogens is 250 g/mol. The molecule has 1 heterocycles. The molecule has 18 heavy (non-hydrogen) atoms. The van der Waals surface area contributed by atoms with Crippen molar-refractivity contribution in [2.24, 2.45) is 5.92 Å². The number of amides is 1. The quantitative estimate of drug-likeness (QED) is 0.798. The topological polar surface area (TPSA) is 58.6 Å². The minimum atomic E-state index is -0.331. The highest BCUT2D eigenvalue weighted by molar-refractivity contribution is 7.12. The molecule has 4 nitrogen and oxygen atoms in total. The summed E-state index contributed by atoms with van der Waals surface area (Å²) >= 11 is 1.42. The molecule has 2 unspecified atom stereocenters. The fraction of sp³-hybridized carbons (Fsp3) is 0.615. The fourth-order valence-corrected chi connectivity index (χ4v) is 2.64. The summed E-state index contributed by atoms with van der Waals surface area (Å²) in [5.41, 5.74) is 0.920. The number of carbonyl (C=O) groups excluding carboxylic acids is 1. The molecule has 0 spiro atoms. The summed E-state index contributed by atoms with van der Waals surface area (Å²) in [4.78, 5) is 12.7. The molecule has 0 aliphatic carbocycles. The first kappa shape index (κ1) is 15.1. The van der Waals surface area contributed by atoms with Crippen LogP contribution in [0.15, 0.2) is 11.4 Å². The van der Waals surface area contributed by atoms with Gasteiger partial charge in [-0.15, -0.1) is 11.3 Å². The second kappa shape index (κ2) is 7.51. The maximum atomic E-state index is 12.0. The lowest BCUT2D eigenvalue weighted by Crippen LogP contribution is -2.29. The third-order valence-electron chi connectivity index (χ3n) is 2.61. The minimum Gasteiger partial charge on any atom is -0.393 e. The van der Waals surface area contributed by atoms with Gasteiger partial charge in [0.1, 0.15) is 0 Å². The zero-order chi connectivity index (χ0) is 13.5. The van der Waals surface area contributed by atoms with E-state index < -0.39 is 0 Å². The minimum absolute atomic E-state index is 0.0607. The van der Waals surface area contributed by atoms with E-state index in [-0.39, 0.29) is 17.9 Å². The largest absolute Gasteiger partial charge is 0.393 e. The van der Waals surface area contributed by atoms with Gasteiger partial charge in [0, 0.05) is 19.2 Å². The first-order valence-corrected chi connectivity index (χ1v) is 6.94.